The highest BCUT2D eigenvalue weighted by Gasteiger charge is 2.35. The molecule has 1 rings (SSSR count). The first-order chi connectivity index (χ1) is 6.72. The topological polar surface area (TPSA) is 58.3 Å². The van der Waals surface area contributed by atoms with E-state index in [0.717, 1.165) is 36.9 Å². The fourth-order valence-electron chi connectivity index (χ4n) is 1.90. The SMILES string of the molecule is CC1CC(CN)(NCCCCO)CS1. The standard InChI is InChI=1S/C10H22N2OS/c1-9-6-10(7-11,8-14-9)12-4-2-3-5-13/h9,12-13H,2-8,11H2,1H3. The van der Waals surface area contributed by atoms with Gasteiger partial charge in [0.15, 0.2) is 0 Å². The van der Waals surface area contributed by atoms with Crippen LogP contribution in [0.3, 0.4) is 0 Å². The minimum Gasteiger partial charge on any atom is -0.396 e. The second kappa shape index (κ2) is 5.95. The lowest BCUT2D eigenvalue weighted by atomic mass is 9.96. The van der Waals surface area contributed by atoms with E-state index in [1.54, 1.807) is 0 Å². The van der Waals surface area contributed by atoms with Gasteiger partial charge < -0.3 is 16.2 Å². The largest absolute Gasteiger partial charge is 0.396 e. The van der Waals surface area contributed by atoms with Crippen molar-refractivity contribution in [3.8, 4) is 0 Å². The van der Waals surface area contributed by atoms with Crippen LogP contribution in [0.15, 0.2) is 0 Å². The lowest BCUT2D eigenvalue weighted by Crippen LogP contribution is -2.52. The molecule has 0 aromatic rings. The Bertz CT molecular complexity index is 168. The monoisotopic (exact) mass is 218 g/mol. The molecule has 3 nitrogen and oxygen atoms in total. The minimum atomic E-state index is 0.166. The minimum absolute atomic E-state index is 0.166. The van der Waals surface area contributed by atoms with Gasteiger partial charge in [0.25, 0.3) is 0 Å². The molecule has 2 atom stereocenters. The van der Waals surface area contributed by atoms with Crippen LogP contribution in [0.5, 0.6) is 0 Å². The van der Waals surface area contributed by atoms with Gasteiger partial charge in [-0.15, -0.1) is 0 Å². The Morgan fingerprint density at radius 2 is 2.36 bits per heavy atom. The van der Waals surface area contributed by atoms with E-state index in [1.807, 2.05) is 11.8 Å². The van der Waals surface area contributed by atoms with Crippen molar-refractivity contribution in [1.29, 1.82) is 0 Å². The molecule has 4 N–H and O–H groups in total. The molecule has 1 heterocycles. The maximum absolute atomic E-state index is 8.67. The molecule has 1 saturated heterocycles. The Kier molecular flexibility index (Phi) is 5.23. The number of thioether (sulfide) groups is 1. The Hall–Kier alpha value is 0.230. The van der Waals surface area contributed by atoms with Crippen molar-refractivity contribution in [2.45, 2.75) is 37.0 Å². The molecule has 4 heteroatoms. The lowest BCUT2D eigenvalue weighted by molar-refractivity contribution is 0.277. The summed E-state index contributed by atoms with van der Waals surface area (Å²) in [6, 6.07) is 0. The molecule has 0 spiro atoms. The number of aliphatic hydroxyl groups is 1. The highest BCUT2D eigenvalue weighted by Crippen LogP contribution is 2.33. The summed E-state index contributed by atoms with van der Waals surface area (Å²) in [7, 11) is 0. The number of hydrogen-bond donors (Lipinski definition) is 3. The first-order valence-electron chi connectivity index (χ1n) is 5.40. The van der Waals surface area contributed by atoms with Crippen LogP contribution in [-0.4, -0.2) is 41.3 Å². The summed E-state index contributed by atoms with van der Waals surface area (Å²) in [5.74, 6) is 1.13. The Morgan fingerprint density at radius 1 is 1.57 bits per heavy atom. The Morgan fingerprint density at radius 3 is 2.86 bits per heavy atom. The molecule has 0 amide bonds. The van der Waals surface area contributed by atoms with E-state index >= 15 is 0 Å². The van der Waals surface area contributed by atoms with Gasteiger partial charge in [-0.25, -0.2) is 0 Å². The summed E-state index contributed by atoms with van der Waals surface area (Å²) >= 11 is 2.00. The van der Waals surface area contributed by atoms with E-state index in [4.69, 9.17) is 10.8 Å². The first-order valence-corrected chi connectivity index (χ1v) is 6.45. The number of nitrogens with two attached hydrogens (primary N) is 1. The number of aliphatic hydroxyl groups excluding tert-OH is 1. The number of hydrogen-bond acceptors (Lipinski definition) is 4. The molecule has 2 unspecified atom stereocenters. The van der Waals surface area contributed by atoms with Crippen molar-refractivity contribution in [2.75, 3.05) is 25.4 Å². The molecule has 1 fully saturated rings. The summed E-state index contributed by atoms with van der Waals surface area (Å²) in [4.78, 5) is 0. The third-order valence-electron chi connectivity index (χ3n) is 2.80. The molecule has 1 aliphatic rings. The van der Waals surface area contributed by atoms with Crippen LogP contribution in [-0.2, 0) is 0 Å². The smallest absolute Gasteiger partial charge is 0.0431 e. The highest BCUT2D eigenvalue weighted by atomic mass is 32.2. The Balaban J connectivity index is 2.24. The van der Waals surface area contributed by atoms with Gasteiger partial charge in [-0.1, -0.05) is 6.92 Å². The van der Waals surface area contributed by atoms with Crippen LogP contribution >= 0.6 is 11.8 Å². The average Bonchev–Trinajstić information content (AvgIpc) is 2.56. The zero-order valence-electron chi connectivity index (χ0n) is 8.96. The van der Waals surface area contributed by atoms with E-state index in [9.17, 15) is 0 Å². The van der Waals surface area contributed by atoms with Crippen LogP contribution in [0, 0.1) is 0 Å². The molecular formula is C10H22N2OS. The molecule has 0 radical (unpaired) electrons. The van der Waals surface area contributed by atoms with Crippen LogP contribution in [0.4, 0.5) is 0 Å². The third kappa shape index (κ3) is 3.42. The van der Waals surface area contributed by atoms with Gasteiger partial charge in [0.2, 0.25) is 0 Å². The highest BCUT2D eigenvalue weighted by molar-refractivity contribution is 8.00. The lowest BCUT2D eigenvalue weighted by Gasteiger charge is -2.28. The van der Waals surface area contributed by atoms with Crippen molar-refractivity contribution in [3.05, 3.63) is 0 Å². The van der Waals surface area contributed by atoms with Crippen molar-refractivity contribution >= 4 is 11.8 Å². The van der Waals surface area contributed by atoms with E-state index < -0.39 is 0 Å². The van der Waals surface area contributed by atoms with E-state index in [1.165, 1.54) is 6.42 Å². The second-order valence-electron chi connectivity index (χ2n) is 4.17. The van der Waals surface area contributed by atoms with Gasteiger partial charge in [0, 0.05) is 29.7 Å². The molecule has 0 aromatic carbocycles. The van der Waals surface area contributed by atoms with Crippen molar-refractivity contribution in [2.24, 2.45) is 5.73 Å². The molecule has 0 saturated carbocycles. The van der Waals surface area contributed by atoms with Gasteiger partial charge in [-0.05, 0) is 25.8 Å². The normalized spacial score (nSPS) is 32.4. The van der Waals surface area contributed by atoms with Gasteiger partial charge in [-0.3, -0.25) is 0 Å². The van der Waals surface area contributed by atoms with E-state index in [0.29, 0.717) is 6.61 Å². The van der Waals surface area contributed by atoms with Crippen LogP contribution in [0.1, 0.15) is 26.2 Å². The fourth-order valence-corrected chi connectivity index (χ4v) is 3.28. The summed E-state index contributed by atoms with van der Waals surface area (Å²) in [6.07, 6.45) is 3.10. The molecule has 0 aromatic heterocycles. The van der Waals surface area contributed by atoms with Crippen LogP contribution in [0.2, 0.25) is 0 Å². The van der Waals surface area contributed by atoms with Crippen molar-refractivity contribution in [3.63, 3.8) is 0 Å². The molecule has 0 aliphatic carbocycles. The first kappa shape index (κ1) is 12.3. The summed E-state index contributed by atoms with van der Waals surface area (Å²) < 4.78 is 0. The zero-order chi connectivity index (χ0) is 10.4. The Labute approximate surface area is 90.8 Å². The predicted octanol–water partition coefficient (Wildman–Crippen LogP) is 0.571. The maximum atomic E-state index is 8.67. The second-order valence-corrected chi connectivity index (χ2v) is 5.59. The van der Waals surface area contributed by atoms with Crippen molar-refractivity contribution < 1.29 is 5.11 Å². The van der Waals surface area contributed by atoms with Gasteiger partial charge in [-0.2, -0.15) is 11.8 Å². The molecular weight excluding hydrogens is 196 g/mol. The third-order valence-corrected chi connectivity index (χ3v) is 4.25. The summed E-state index contributed by atoms with van der Waals surface area (Å²) in [5.41, 5.74) is 5.99. The summed E-state index contributed by atoms with van der Waals surface area (Å²) in [6.45, 7) is 4.26. The molecule has 0 bridgehead atoms. The van der Waals surface area contributed by atoms with Gasteiger partial charge >= 0.3 is 0 Å². The molecule has 1 aliphatic heterocycles. The summed E-state index contributed by atoms with van der Waals surface area (Å²) in [5, 5.41) is 12.9. The number of rotatable bonds is 6. The van der Waals surface area contributed by atoms with Crippen LogP contribution in [0.25, 0.3) is 0 Å². The predicted molar refractivity (Wildman–Crippen MR) is 62.6 cm³/mol. The average molecular weight is 218 g/mol. The van der Waals surface area contributed by atoms with E-state index in [-0.39, 0.29) is 5.54 Å². The molecule has 14 heavy (non-hydrogen) atoms. The quantitative estimate of drug-likeness (QED) is 0.571. The maximum Gasteiger partial charge on any atom is 0.0431 e. The molecule has 84 valence electrons. The van der Waals surface area contributed by atoms with Gasteiger partial charge in [0.1, 0.15) is 0 Å². The van der Waals surface area contributed by atoms with Gasteiger partial charge in [0.05, 0.1) is 0 Å². The number of nitrogens with one attached hydrogen (secondary N) is 1. The van der Waals surface area contributed by atoms with E-state index in [2.05, 4.69) is 12.2 Å². The van der Waals surface area contributed by atoms with Crippen LogP contribution < -0.4 is 11.1 Å². The fraction of sp³-hybridized carbons (Fsp3) is 1.00. The zero-order valence-corrected chi connectivity index (χ0v) is 9.78. The number of unbranched alkanes of at least 4 members (excludes halogenated alkanes) is 1. The van der Waals surface area contributed by atoms with Crippen molar-refractivity contribution in [1.82, 2.24) is 5.32 Å².